The van der Waals surface area contributed by atoms with Gasteiger partial charge >= 0.3 is 0 Å². The number of benzene rings is 1. The summed E-state index contributed by atoms with van der Waals surface area (Å²) in [6, 6.07) is 17.0. The molecule has 1 N–H and O–H groups in total. The summed E-state index contributed by atoms with van der Waals surface area (Å²) in [5, 5.41) is 7.41. The molecule has 2 aliphatic heterocycles. The number of amides is 1. The van der Waals surface area contributed by atoms with Crippen molar-refractivity contribution in [3.05, 3.63) is 76.5 Å². The molecule has 0 saturated carbocycles. The summed E-state index contributed by atoms with van der Waals surface area (Å²) in [5.74, 6) is 1.19. The third-order valence-electron chi connectivity index (χ3n) is 6.28. The lowest BCUT2D eigenvalue weighted by atomic mass is 10.2. The van der Waals surface area contributed by atoms with Gasteiger partial charge in [0, 0.05) is 51.1 Å². The molecule has 0 spiro atoms. The van der Waals surface area contributed by atoms with E-state index in [0.29, 0.717) is 12.3 Å². The van der Waals surface area contributed by atoms with E-state index in [2.05, 4.69) is 32.3 Å². The summed E-state index contributed by atoms with van der Waals surface area (Å²) < 4.78 is 12.6. The first-order chi connectivity index (χ1) is 16.7. The Labute approximate surface area is 210 Å². The predicted molar refractivity (Wildman–Crippen MR) is 136 cm³/mol. The van der Waals surface area contributed by atoms with Gasteiger partial charge in [0.05, 0.1) is 6.10 Å². The van der Waals surface area contributed by atoms with Crippen LogP contribution in [-0.4, -0.2) is 61.1 Å². The van der Waals surface area contributed by atoms with E-state index in [-0.39, 0.29) is 42.3 Å². The van der Waals surface area contributed by atoms with Crippen LogP contribution in [0.2, 0.25) is 0 Å². The molecule has 2 fully saturated rings. The van der Waals surface area contributed by atoms with Crippen LogP contribution in [0, 0.1) is 0 Å². The number of carbonyl (C=O) groups excluding carboxylic acids is 1. The molecule has 2 aliphatic rings. The van der Waals surface area contributed by atoms with Crippen LogP contribution in [0.3, 0.4) is 0 Å². The van der Waals surface area contributed by atoms with Crippen molar-refractivity contribution in [1.29, 1.82) is 0 Å². The number of hydrogen-bond donors (Lipinski definition) is 1. The van der Waals surface area contributed by atoms with Crippen molar-refractivity contribution in [2.75, 3.05) is 49.1 Å². The normalized spacial score (nSPS) is 17.8. The molecule has 186 valence electrons. The van der Waals surface area contributed by atoms with Crippen molar-refractivity contribution in [2.24, 2.45) is 0 Å². The standard InChI is InChI=1S/C25H29N5O4.ClH/c31-24-11-10-23(29-14-12-28(13-15-29)19-5-2-1-3-6-19)27-30(24)18-21-8-9-22(34-21)25(32)26-17-20-7-4-16-33-20;/h1-3,5-6,8-11,20H,4,7,12-18H2,(H,26,32);1H. The van der Waals surface area contributed by atoms with Gasteiger partial charge in [-0.25, -0.2) is 4.68 Å². The zero-order valence-electron chi connectivity index (χ0n) is 19.5. The van der Waals surface area contributed by atoms with Crippen molar-refractivity contribution in [2.45, 2.75) is 25.5 Å². The van der Waals surface area contributed by atoms with Crippen molar-refractivity contribution in [3.63, 3.8) is 0 Å². The van der Waals surface area contributed by atoms with Crippen molar-refractivity contribution in [3.8, 4) is 0 Å². The molecule has 4 heterocycles. The molecule has 3 aromatic rings. The number of carbonyl (C=O) groups is 1. The molecule has 2 aromatic heterocycles. The molecule has 1 atom stereocenters. The minimum atomic E-state index is -0.285. The first-order valence-corrected chi connectivity index (χ1v) is 11.8. The van der Waals surface area contributed by atoms with E-state index in [9.17, 15) is 9.59 Å². The van der Waals surface area contributed by atoms with Crippen LogP contribution in [0.4, 0.5) is 11.5 Å². The zero-order valence-corrected chi connectivity index (χ0v) is 20.3. The average Bonchev–Trinajstić information content (AvgIpc) is 3.57. The fourth-order valence-corrected chi connectivity index (χ4v) is 4.38. The Morgan fingerprint density at radius 1 is 1.00 bits per heavy atom. The van der Waals surface area contributed by atoms with E-state index >= 15 is 0 Å². The van der Waals surface area contributed by atoms with Crippen molar-refractivity contribution < 1.29 is 13.9 Å². The second kappa shape index (κ2) is 11.4. The number of rotatable bonds is 7. The molecular weight excluding hydrogens is 470 g/mol. The number of halogens is 1. The Morgan fingerprint density at radius 3 is 2.51 bits per heavy atom. The van der Waals surface area contributed by atoms with Gasteiger partial charge in [-0.1, -0.05) is 18.2 Å². The van der Waals surface area contributed by atoms with Crippen LogP contribution in [0.5, 0.6) is 0 Å². The number of nitrogens with one attached hydrogen (secondary N) is 1. The van der Waals surface area contributed by atoms with E-state index in [1.807, 2.05) is 18.2 Å². The minimum Gasteiger partial charge on any atom is -0.454 e. The zero-order chi connectivity index (χ0) is 23.3. The first-order valence-electron chi connectivity index (χ1n) is 11.8. The van der Waals surface area contributed by atoms with Gasteiger partial charge in [0.15, 0.2) is 5.76 Å². The van der Waals surface area contributed by atoms with Crippen LogP contribution in [-0.2, 0) is 11.3 Å². The van der Waals surface area contributed by atoms with Crippen LogP contribution in [0.25, 0.3) is 0 Å². The quantitative estimate of drug-likeness (QED) is 0.534. The summed E-state index contributed by atoms with van der Waals surface area (Å²) in [6.07, 6.45) is 2.05. The maximum absolute atomic E-state index is 12.4. The predicted octanol–water partition coefficient (Wildman–Crippen LogP) is 2.54. The number of ether oxygens (including phenoxy) is 1. The average molecular weight is 500 g/mol. The lowest BCUT2D eigenvalue weighted by molar-refractivity contribution is 0.0833. The van der Waals surface area contributed by atoms with Crippen LogP contribution >= 0.6 is 12.4 Å². The Balaban J connectivity index is 0.00000289. The molecule has 5 rings (SSSR count). The second-order valence-electron chi connectivity index (χ2n) is 8.61. The molecule has 1 unspecified atom stereocenters. The van der Waals surface area contributed by atoms with Crippen molar-refractivity contribution >= 4 is 29.8 Å². The monoisotopic (exact) mass is 499 g/mol. The van der Waals surface area contributed by atoms with E-state index in [1.54, 1.807) is 18.2 Å². The highest BCUT2D eigenvalue weighted by Gasteiger charge is 2.20. The Bertz CT molecular complexity index is 1170. The van der Waals surface area contributed by atoms with E-state index in [1.165, 1.54) is 16.4 Å². The number of hydrogen-bond acceptors (Lipinski definition) is 7. The van der Waals surface area contributed by atoms with Crippen LogP contribution < -0.4 is 20.7 Å². The highest BCUT2D eigenvalue weighted by Crippen LogP contribution is 2.18. The molecule has 9 nitrogen and oxygen atoms in total. The van der Waals surface area contributed by atoms with Gasteiger partial charge in [-0.15, -0.1) is 12.4 Å². The maximum atomic E-state index is 12.4. The summed E-state index contributed by atoms with van der Waals surface area (Å²) in [5.41, 5.74) is 1.00. The molecule has 0 bridgehead atoms. The molecule has 0 radical (unpaired) electrons. The van der Waals surface area contributed by atoms with Crippen molar-refractivity contribution in [1.82, 2.24) is 15.1 Å². The topological polar surface area (TPSA) is 92.8 Å². The SMILES string of the molecule is Cl.O=C(NCC1CCCO1)c1ccc(Cn2nc(N3CCN(c4ccccc4)CC3)ccc2=O)o1. The number of aromatic nitrogens is 2. The summed E-state index contributed by atoms with van der Waals surface area (Å²) in [7, 11) is 0. The lowest BCUT2D eigenvalue weighted by Crippen LogP contribution is -2.47. The minimum absolute atomic E-state index is 0. The van der Waals surface area contributed by atoms with Gasteiger partial charge < -0.3 is 24.3 Å². The Morgan fingerprint density at radius 2 is 1.77 bits per heavy atom. The van der Waals surface area contributed by atoms with E-state index < -0.39 is 0 Å². The molecule has 1 aromatic carbocycles. The summed E-state index contributed by atoms with van der Waals surface area (Å²) in [4.78, 5) is 29.3. The number of furan rings is 1. The highest BCUT2D eigenvalue weighted by atomic mass is 35.5. The van der Waals surface area contributed by atoms with Gasteiger partial charge in [-0.2, -0.15) is 5.10 Å². The fourth-order valence-electron chi connectivity index (χ4n) is 4.38. The number of piperazine rings is 1. The maximum Gasteiger partial charge on any atom is 0.287 e. The van der Waals surface area contributed by atoms with Gasteiger partial charge in [0.1, 0.15) is 18.1 Å². The Hall–Kier alpha value is -3.30. The molecule has 0 aliphatic carbocycles. The number of anilines is 2. The molecule has 10 heteroatoms. The van der Waals surface area contributed by atoms with Gasteiger partial charge in [-0.3, -0.25) is 9.59 Å². The first kappa shape index (κ1) is 24.8. The van der Waals surface area contributed by atoms with E-state index in [0.717, 1.165) is 51.4 Å². The highest BCUT2D eigenvalue weighted by molar-refractivity contribution is 5.91. The molecular formula is C25H30ClN5O4. The summed E-state index contributed by atoms with van der Waals surface area (Å²) in [6.45, 7) is 4.77. The number of para-hydroxylation sites is 1. The molecule has 2 saturated heterocycles. The van der Waals surface area contributed by atoms with Gasteiger partial charge in [0.2, 0.25) is 0 Å². The molecule has 35 heavy (non-hydrogen) atoms. The van der Waals surface area contributed by atoms with Crippen LogP contribution in [0.1, 0.15) is 29.2 Å². The smallest absolute Gasteiger partial charge is 0.287 e. The summed E-state index contributed by atoms with van der Waals surface area (Å²) >= 11 is 0. The molecule has 1 amide bonds. The van der Waals surface area contributed by atoms with Gasteiger partial charge in [-0.05, 0) is 43.2 Å². The lowest BCUT2D eigenvalue weighted by Gasteiger charge is -2.36. The van der Waals surface area contributed by atoms with Crippen LogP contribution in [0.15, 0.2) is 63.8 Å². The second-order valence-corrected chi connectivity index (χ2v) is 8.61. The largest absolute Gasteiger partial charge is 0.454 e. The number of nitrogens with zero attached hydrogens (tertiary/aromatic N) is 4. The third-order valence-corrected chi connectivity index (χ3v) is 6.28. The fraction of sp³-hybridized carbons (Fsp3) is 0.400. The Kier molecular flexibility index (Phi) is 8.09. The van der Waals surface area contributed by atoms with E-state index in [4.69, 9.17) is 9.15 Å². The van der Waals surface area contributed by atoms with Gasteiger partial charge in [0.25, 0.3) is 11.5 Å². The third kappa shape index (κ3) is 6.04.